The van der Waals surface area contributed by atoms with Crippen LogP contribution in [0.25, 0.3) is 12.2 Å². The predicted octanol–water partition coefficient (Wildman–Crippen LogP) is 4.01. The molecule has 9 nitrogen and oxygen atoms in total. The Morgan fingerprint density at radius 1 is 0.918 bits per heavy atom. The molecule has 0 spiro atoms. The number of hydrogen-bond donors (Lipinski definition) is 2. The Kier molecular flexibility index (Phi) is 11.7. The van der Waals surface area contributed by atoms with Gasteiger partial charge in [0.15, 0.2) is 5.78 Å². The minimum atomic E-state index is -0.479. The summed E-state index contributed by atoms with van der Waals surface area (Å²) in [5.41, 5.74) is 2.16. The van der Waals surface area contributed by atoms with E-state index in [1.54, 1.807) is 30.3 Å². The van der Waals surface area contributed by atoms with E-state index in [2.05, 4.69) is 47.6 Å². The van der Waals surface area contributed by atoms with Gasteiger partial charge in [-0.3, -0.25) is 29.1 Å². The van der Waals surface area contributed by atoms with Gasteiger partial charge in [0.2, 0.25) is 5.91 Å². The summed E-state index contributed by atoms with van der Waals surface area (Å²) in [6.45, 7) is 12.7. The van der Waals surface area contributed by atoms with Crippen molar-refractivity contribution in [2.45, 2.75) is 53.4 Å². The van der Waals surface area contributed by atoms with E-state index in [0.29, 0.717) is 22.4 Å². The largest absolute Gasteiger partial charge is 0.340 e. The molecular weight excluding hydrogens is 621 g/mol. The average Bonchev–Trinajstić information content (AvgIpc) is 3.50. The first-order chi connectivity index (χ1) is 23.6. The van der Waals surface area contributed by atoms with Crippen LogP contribution in [-0.2, 0) is 4.79 Å². The number of aliphatic imine (C=N–C) groups is 1. The number of H-pyrrole nitrogens is 2. The Morgan fingerprint density at radius 3 is 2.20 bits per heavy atom. The average molecular weight is 668 g/mol. The SMILES string of the molecule is CCC(CC)C(=O)N1CCN(CCCC2C=NC(/C=c3\[nH]c(=O)/c(=C/c4cccc(C(=O)c5ccc(F)cc5)c4)[nH]c3=O)=C2C(C)C)CC1. The Balaban J connectivity index is 1.27. The first kappa shape index (κ1) is 35.6. The molecule has 10 heteroatoms. The second-order valence-electron chi connectivity index (χ2n) is 13.2. The number of benzene rings is 2. The fourth-order valence-corrected chi connectivity index (χ4v) is 6.75. The fourth-order valence-electron chi connectivity index (χ4n) is 6.75. The number of ketones is 1. The highest BCUT2D eigenvalue weighted by atomic mass is 19.1. The third-order valence-corrected chi connectivity index (χ3v) is 9.55. The smallest absolute Gasteiger partial charge is 0.272 e. The van der Waals surface area contributed by atoms with Crippen molar-refractivity contribution in [3.63, 3.8) is 0 Å². The van der Waals surface area contributed by atoms with E-state index >= 15 is 0 Å². The maximum absolute atomic E-state index is 13.3. The number of amides is 1. The van der Waals surface area contributed by atoms with Crippen LogP contribution in [0.15, 0.2) is 74.4 Å². The maximum atomic E-state index is 13.3. The second-order valence-corrected chi connectivity index (χ2v) is 13.2. The predicted molar refractivity (Wildman–Crippen MR) is 191 cm³/mol. The fraction of sp³-hybridized carbons (Fsp3) is 0.410. The van der Waals surface area contributed by atoms with E-state index in [1.807, 2.05) is 11.1 Å². The number of nitrogens with one attached hydrogen (secondary N) is 2. The first-order valence-electron chi connectivity index (χ1n) is 17.3. The number of allylic oxidation sites excluding steroid dienone is 2. The van der Waals surface area contributed by atoms with Crippen molar-refractivity contribution in [1.82, 2.24) is 19.8 Å². The van der Waals surface area contributed by atoms with Crippen LogP contribution in [0, 0.1) is 23.6 Å². The van der Waals surface area contributed by atoms with Crippen LogP contribution in [0.5, 0.6) is 0 Å². The van der Waals surface area contributed by atoms with Gasteiger partial charge in [-0.2, -0.15) is 0 Å². The van der Waals surface area contributed by atoms with Crippen molar-refractivity contribution in [1.29, 1.82) is 0 Å². The third kappa shape index (κ3) is 8.67. The molecule has 5 rings (SSSR count). The Bertz CT molecular complexity index is 1960. The van der Waals surface area contributed by atoms with E-state index in [9.17, 15) is 23.6 Å². The highest BCUT2D eigenvalue weighted by Crippen LogP contribution is 2.32. The zero-order chi connectivity index (χ0) is 35.1. The van der Waals surface area contributed by atoms with E-state index in [4.69, 9.17) is 0 Å². The van der Waals surface area contributed by atoms with Gasteiger partial charge in [0, 0.05) is 55.4 Å². The zero-order valence-electron chi connectivity index (χ0n) is 28.8. The quantitative estimate of drug-likeness (QED) is 0.283. The summed E-state index contributed by atoms with van der Waals surface area (Å²) >= 11 is 0. The van der Waals surface area contributed by atoms with Gasteiger partial charge in [0.05, 0.1) is 5.70 Å². The molecule has 3 aromatic rings. The van der Waals surface area contributed by atoms with E-state index in [-0.39, 0.29) is 40.1 Å². The molecule has 0 aliphatic carbocycles. The number of rotatable bonds is 12. The maximum Gasteiger partial charge on any atom is 0.272 e. The highest BCUT2D eigenvalue weighted by Gasteiger charge is 2.27. The molecule has 1 unspecified atom stereocenters. The van der Waals surface area contributed by atoms with Gasteiger partial charge in [0.25, 0.3) is 11.1 Å². The van der Waals surface area contributed by atoms with E-state index in [0.717, 1.165) is 64.0 Å². The standard InChI is InChI=1S/C39H46FN5O4/c1-5-27(6-2)39(49)45-19-17-44(18-20-45)16-8-11-30-24-41-32(35(30)25(3)4)23-34-38(48)42-33(37(47)43-34)22-26-9-7-10-29(21-26)36(46)28-12-14-31(40)15-13-28/h7,9-10,12-15,21-25,27,30H,5-6,8,11,16-20H2,1-4H3,(H,42,48)(H,43,47)/b33-22-,34-23-. The van der Waals surface area contributed by atoms with E-state index < -0.39 is 16.9 Å². The highest BCUT2D eigenvalue weighted by molar-refractivity contribution is 6.09. The Hall–Kier alpha value is -4.70. The molecule has 2 aliphatic heterocycles. The molecule has 3 heterocycles. The van der Waals surface area contributed by atoms with Crippen molar-refractivity contribution < 1.29 is 14.0 Å². The minimum absolute atomic E-state index is 0.0557. The first-order valence-corrected chi connectivity index (χ1v) is 17.3. The lowest BCUT2D eigenvalue weighted by Gasteiger charge is -2.36. The van der Waals surface area contributed by atoms with Gasteiger partial charge < -0.3 is 14.9 Å². The van der Waals surface area contributed by atoms with Crippen molar-refractivity contribution >= 4 is 30.1 Å². The van der Waals surface area contributed by atoms with E-state index in [1.165, 1.54) is 30.3 Å². The monoisotopic (exact) mass is 667 g/mol. The molecule has 1 fully saturated rings. The number of aromatic nitrogens is 2. The summed E-state index contributed by atoms with van der Waals surface area (Å²) in [6.07, 6.45) is 8.79. The topological polar surface area (TPSA) is 119 Å². The summed E-state index contributed by atoms with van der Waals surface area (Å²) in [4.78, 5) is 66.4. The van der Waals surface area contributed by atoms with Gasteiger partial charge in [0.1, 0.15) is 16.5 Å². The lowest BCUT2D eigenvalue weighted by molar-refractivity contribution is -0.137. The molecule has 2 aliphatic rings. The van der Waals surface area contributed by atoms with Crippen LogP contribution in [0.1, 0.15) is 74.9 Å². The van der Waals surface area contributed by atoms with Crippen molar-refractivity contribution in [2.24, 2.45) is 22.7 Å². The van der Waals surface area contributed by atoms with Crippen molar-refractivity contribution in [3.8, 4) is 0 Å². The lowest BCUT2D eigenvalue weighted by atomic mass is 9.87. The summed E-state index contributed by atoms with van der Waals surface area (Å²) in [5.74, 6) is 0.0482. The summed E-state index contributed by atoms with van der Waals surface area (Å²) in [6, 6.07) is 12.0. The number of aromatic amines is 2. The summed E-state index contributed by atoms with van der Waals surface area (Å²) < 4.78 is 13.3. The van der Waals surface area contributed by atoms with Gasteiger partial charge >= 0.3 is 0 Å². The van der Waals surface area contributed by atoms with Crippen LogP contribution < -0.4 is 21.8 Å². The Labute approximate surface area is 286 Å². The number of halogens is 1. The number of carbonyl (C=O) groups excluding carboxylic acids is 2. The number of hydrogen-bond acceptors (Lipinski definition) is 6. The van der Waals surface area contributed by atoms with Crippen LogP contribution >= 0.6 is 0 Å². The zero-order valence-corrected chi connectivity index (χ0v) is 28.8. The number of piperazine rings is 1. The number of nitrogens with zero attached hydrogens (tertiary/aromatic N) is 3. The molecule has 1 aromatic heterocycles. The van der Waals surface area contributed by atoms with Crippen LogP contribution in [0.3, 0.4) is 0 Å². The molecule has 1 saturated heterocycles. The van der Waals surface area contributed by atoms with Crippen LogP contribution in [0.2, 0.25) is 0 Å². The molecule has 1 amide bonds. The normalized spacial score (nSPS) is 17.6. The van der Waals surface area contributed by atoms with Gasteiger partial charge in [-0.1, -0.05) is 45.9 Å². The van der Waals surface area contributed by atoms with Crippen LogP contribution in [0.4, 0.5) is 4.39 Å². The van der Waals surface area contributed by atoms with Gasteiger partial charge in [-0.05, 0) is 91.8 Å². The third-order valence-electron chi connectivity index (χ3n) is 9.55. The van der Waals surface area contributed by atoms with Crippen molar-refractivity contribution in [2.75, 3.05) is 32.7 Å². The molecular formula is C39H46FN5O4. The van der Waals surface area contributed by atoms with Crippen molar-refractivity contribution in [3.05, 3.63) is 114 Å². The molecule has 1 atom stereocenters. The Morgan fingerprint density at radius 2 is 1.57 bits per heavy atom. The van der Waals surface area contributed by atoms with Gasteiger partial charge in [-0.15, -0.1) is 0 Å². The molecule has 258 valence electrons. The molecule has 0 saturated carbocycles. The molecule has 0 radical (unpaired) electrons. The van der Waals surface area contributed by atoms with Gasteiger partial charge in [-0.25, -0.2) is 4.39 Å². The summed E-state index contributed by atoms with van der Waals surface area (Å²) in [7, 11) is 0. The summed E-state index contributed by atoms with van der Waals surface area (Å²) in [5, 5.41) is 0.175. The lowest BCUT2D eigenvalue weighted by Crippen LogP contribution is -2.50. The van der Waals surface area contributed by atoms with Crippen LogP contribution in [-0.4, -0.2) is 70.4 Å². The minimum Gasteiger partial charge on any atom is -0.340 e. The molecule has 49 heavy (non-hydrogen) atoms. The molecule has 2 aromatic carbocycles. The second kappa shape index (κ2) is 16.1. The number of carbonyl (C=O) groups is 2. The molecule has 0 bridgehead atoms. The molecule has 2 N–H and O–H groups in total.